The van der Waals surface area contributed by atoms with Gasteiger partial charge in [0.05, 0.1) is 0 Å². The number of halogens is 1. The fourth-order valence-corrected chi connectivity index (χ4v) is 2.42. The van der Waals surface area contributed by atoms with E-state index in [0.29, 0.717) is 10.6 Å². The van der Waals surface area contributed by atoms with Gasteiger partial charge in [0.1, 0.15) is 29.5 Å². The number of nitriles is 1. The lowest BCUT2D eigenvalue weighted by molar-refractivity contribution is -0.135. The number of aryl methyl sites for hydroxylation is 1. The van der Waals surface area contributed by atoms with Crippen molar-refractivity contribution in [3.63, 3.8) is 0 Å². The van der Waals surface area contributed by atoms with Crippen LogP contribution in [0.1, 0.15) is 21.5 Å². The van der Waals surface area contributed by atoms with Gasteiger partial charge in [0, 0.05) is 15.8 Å². The van der Waals surface area contributed by atoms with Crippen LogP contribution in [0.15, 0.2) is 12.1 Å². The van der Waals surface area contributed by atoms with E-state index < -0.39 is 35.5 Å². The van der Waals surface area contributed by atoms with Gasteiger partial charge in [-0.2, -0.15) is 5.26 Å². The summed E-state index contributed by atoms with van der Waals surface area (Å²) < 4.78 is 0. The zero-order chi connectivity index (χ0) is 17.3. The Hall–Kier alpha value is -2.98. The zero-order valence-corrected chi connectivity index (χ0v) is 12.6. The second-order valence-corrected chi connectivity index (χ2v) is 5.14. The van der Waals surface area contributed by atoms with Gasteiger partial charge in [0.25, 0.3) is 5.91 Å². The maximum absolute atomic E-state index is 12.1. The lowest BCUT2D eigenvalue weighted by Crippen LogP contribution is -2.29. The summed E-state index contributed by atoms with van der Waals surface area (Å²) in [5, 5.41) is 41.0. The summed E-state index contributed by atoms with van der Waals surface area (Å²) in [6, 6.07) is 4.72. The van der Waals surface area contributed by atoms with Gasteiger partial charge in [-0.05, 0) is 18.6 Å². The third-order valence-electron chi connectivity index (χ3n) is 3.35. The molecule has 0 unspecified atom stereocenters. The molecule has 23 heavy (non-hydrogen) atoms. The van der Waals surface area contributed by atoms with Crippen LogP contribution in [0, 0.1) is 18.3 Å². The van der Waals surface area contributed by atoms with Gasteiger partial charge >= 0.3 is 5.97 Å². The number of fused-ring (bicyclic) bond motifs is 1. The minimum atomic E-state index is -1.29. The molecule has 0 aliphatic heterocycles. The van der Waals surface area contributed by atoms with E-state index in [0.717, 1.165) is 0 Å². The Morgan fingerprint density at radius 1 is 1.30 bits per heavy atom. The highest BCUT2D eigenvalue weighted by Gasteiger charge is 2.25. The Labute approximate surface area is 135 Å². The van der Waals surface area contributed by atoms with E-state index in [-0.39, 0.29) is 16.3 Å². The Balaban J connectivity index is 2.80. The molecule has 2 rings (SSSR count). The van der Waals surface area contributed by atoms with Gasteiger partial charge in [-0.3, -0.25) is 9.59 Å². The van der Waals surface area contributed by atoms with Crippen molar-refractivity contribution in [2.45, 2.75) is 6.92 Å². The van der Waals surface area contributed by atoms with Crippen molar-refractivity contribution in [3.05, 3.63) is 33.8 Å². The smallest absolute Gasteiger partial charge is 0.322 e. The van der Waals surface area contributed by atoms with Crippen LogP contribution in [0.2, 0.25) is 5.02 Å². The van der Waals surface area contributed by atoms with Crippen LogP contribution in [-0.4, -0.2) is 33.7 Å². The molecule has 0 aliphatic carbocycles. The van der Waals surface area contributed by atoms with Gasteiger partial charge in [-0.15, -0.1) is 0 Å². The standard InChI is InChI=1S/C15H11ClN2O5/c1-6-9(16)3-2-7-8(4-17)13(21)12(14(22)11(6)7)15(23)18-5-10(19)20/h2-3,21-22H,5H2,1H3,(H,18,23)(H,19,20). The predicted octanol–water partition coefficient (Wildman–Crippen LogP) is 1.90. The van der Waals surface area contributed by atoms with E-state index in [1.807, 2.05) is 5.32 Å². The van der Waals surface area contributed by atoms with Crippen LogP contribution in [0.4, 0.5) is 0 Å². The molecule has 0 spiro atoms. The summed E-state index contributed by atoms with van der Waals surface area (Å²) in [5.74, 6) is -3.60. The van der Waals surface area contributed by atoms with Gasteiger partial charge in [-0.25, -0.2) is 0 Å². The number of aromatic hydroxyl groups is 2. The van der Waals surface area contributed by atoms with Crippen molar-refractivity contribution in [1.82, 2.24) is 5.32 Å². The molecule has 0 radical (unpaired) electrons. The minimum Gasteiger partial charge on any atom is -0.506 e. The number of phenolic OH excluding ortho intramolecular Hbond substituents is 2. The first kappa shape index (κ1) is 16.4. The van der Waals surface area contributed by atoms with E-state index in [1.165, 1.54) is 12.1 Å². The molecular weight excluding hydrogens is 324 g/mol. The zero-order valence-electron chi connectivity index (χ0n) is 11.8. The number of rotatable bonds is 3. The largest absolute Gasteiger partial charge is 0.506 e. The van der Waals surface area contributed by atoms with Crippen LogP contribution in [0.25, 0.3) is 10.8 Å². The van der Waals surface area contributed by atoms with E-state index in [2.05, 4.69) is 0 Å². The normalized spacial score (nSPS) is 10.3. The van der Waals surface area contributed by atoms with E-state index in [9.17, 15) is 25.1 Å². The maximum Gasteiger partial charge on any atom is 0.322 e. The average Bonchev–Trinajstić information content (AvgIpc) is 2.49. The minimum absolute atomic E-state index is 0.146. The topological polar surface area (TPSA) is 131 Å². The lowest BCUT2D eigenvalue weighted by Gasteiger charge is -2.14. The Morgan fingerprint density at radius 2 is 1.96 bits per heavy atom. The molecule has 0 aliphatic rings. The summed E-state index contributed by atoms with van der Waals surface area (Å²) in [6.45, 7) is 0.883. The number of amides is 1. The first-order chi connectivity index (χ1) is 10.8. The second-order valence-electron chi connectivity index (χ2n) is 4.73. The van der Waals surface area contributed by atoms with Gasteiger partial charge in [-0.1, -0.05) is 17.7 Å². The van der Waals surface area contributed by atoms with Gasteiger partial charge in [0.2, 0.25) is 0 Å². The molecule has 4 N–H and O–H groups in total. The van der Waals surface area contributed by atoms with Crippen LogP contribution in [0.3, 0.4) is 0 Å². The number of phenols is 2. The van der Waals surface area contributed by atoms with E-state index in [4.69, 9.17) is 16.7 Å². The summed E-state index contributed by atoms with van der Waals surface area (Å²) >= 11 is 5.99. The number of carboxylic acids is 1. The lowest BCUT2D eigenvalue weighted by atomic mass is 9.95. The Bertz CT molecular complexity index is 886. The Morgan fingerprint density at radius 3 is 2.52 bits per heavy atom. The highest BCUT2D eigenvalue weighted by molar-refractivity contribution is 6.32. The number of benzene rings is 2. The maximum atomic E-state index is 12.1. The number of nitrogens with zero attached hydrogens (tertiary/aromatic N) is 1. The summed E-state index contributed by atoms with van der Waals surface area (Å²) in [7, 11) is 0. The van der Waals surface area contributed by atoms with Crippen molar-refractivity contribution in [1.29, 1.82) is 5.26 Å². The molecule has 1 amide bonds. The SMILES string of the molecule is Cc1c(Cl)ccc2c(C#N)c(O)c(C(=O)NCC(=O)O)c(O)c12. The third-order valence-corrected chi connectivity index (χ3v) is 3.76. The van der Waals surface area contributed by atoms with Crippen molar-refractivity contribution in [2.24, 2.45) is 0 Å². The van der Waals surface area contributed by atoms with Crippen LogP contribution >= 0.6 is 11.6 Å². The molecule has 0 heterocycles. The van der Waals surface area contributed by atoms with Crippen LogP contribution in [-0.2, 0) is 4.79 Å². The highest BCUT2D eigenvalue weighted by Crippen LogP contribution is 2.42. The van der Waals surface area contributed by atoms with Crippen molar-refractivity contribution < 1.29 is 24.9 Å². The molecule has 0 atom stereocenters. The third kappa shape index (κ3) is 2.72. The first-order valence-corrected chi connectivity index (χ1v) is 6.74. The number of nitrogens with one attached hydrogen (secondary N) is 1. The molecule has 2 aromatic carbocycles. The van der Waals surface area contributed by atoms with Crippen molar-refractivity contribution >= 4 is 34.2 Å². The van der Waals surface area contributed by atoms with Crippen LogP contribution in [0.5, 0.6) is 11.5 Å². The van der Waals surface area contributed by atoms with Gasteiger partial charge in [0.15, 0.2) is 5.75 Å². The molecule has 2 aromatic rings. The van der Waals surface area contributed by atoms with Crippen molar-refractivity contribution in [3.8, 4) is 17.6 Å². The average molecular weight is 335 g/mol. The number of hydrogen-bond donors (Lipinski definition) is 4. The summed E-state index contributed by atoms with van der Waals surface area (Å²) in [6.07, 6.45) is 0. The molecular formula is C15H11ClN2O5. The fraction of sp³-hybridized carbons (Fsp3) is 0.133. The molecule has 0 aromatic heterocycles. The molecule has 118 valence electrons. The number of carbonyl (C=O) groups is 2. The van der Waals surface area contributed by atoms with Crippen molar-refractivity contribution in [2.75, 3.05) is 6.54 Å². The highest BCUT2D eigenvalue weighted by atomic mass is 35.5. The molecule has 0 bridgehead atoms. The summed E-state index contributed by atoms with van der Waals surface area (Å²) in [4.78, 5) is 22.6. The van der Waals surface area contributed by atoms with E-state index >= 15 is 0 Å². The van der Waals surface area contributed by atoms with Gasteiger partial charge < -0.3 is 20.6 Å². The molecule has 0 fully saturated rings. The molecule has 0 saturated carbocycles. The number of hydrogen-bond acceptors (Lipinski definition) is 5. The number of carbonyl (C=O) groups excluding carboxylic acids is 1. The molecule has 0 saturated heterocycles. The predicted molar refractivity (Wildman–Crippen MR) is 81.7 cm³/mol. The second kappa shape index (κ2) is 6.02. The quantitative estimate of drug-likeness (QED) is 0.678. The van der Waals surface area contributed by atoms with Crippen LogP contribution < -0.4 is 5.32 Å². The Kier molecular flexibility index (Phi) is 4.29. The van der Waals surface area contributed by atoms with E-state index in [1.54, 1.807) is 13.0 Å². The molecule has 8 heteroatoms. The summed E-state index contributed by atoms with van der Waals surface area (Å²) in [5.41, 5.74) is -0.357. The fourth-order valence-electron chi connectivity index (χ4n) is 2.26. The first-order valence-electron chi connectivity index (χ1n) is 6.36. The number of aliphatic carboxylic acids is 1. The molecule has 7 nitrogen and oxygen atoms in total. The monoisotopic (exact) mass is 334 g/mol. The number of carboxylic acid groups (broad SMARTS) is 1.